The maximum absolute atomic E-state index is 12.3. The third-order valence-electron chi connectivity index (χ3n) is 3.92. The number of rotatable bonds is 1. The van der Waals surface area contributed by atoms with E-state index >= 15 is 0 Å². The predicted molar refractivity (Wildman–Crippen MR) is 78.3 cm³/mol. The van der Waals surface area contributed by atoms with Crippen molar-refractivity contribution >= 4 is 11.5 Å². The number of aromatic nitrogens is 3. The number of fused-ring (bicyclic) bond motifs is 1. The van der Waals surface area contributed by atoms with E-state index in [0.717, 1.165) is 11.1 Å². The van der Waals surface area contributed by atoms with Crippen LogP contribution in [0.1, 0.15) is 38.0 Å². The molecule has 0 aliphatic carbocycles. The first-order chi connectivity index (χ1) is 9.93. The van der Waals surface area contributed by atoms with Gasteiger partial charge < -0.3 is 4.74 Å². The first-order valence-electron chi connectivity index (χ1n) is 6.84. The SMILES string of the molecule is CC1=C(C)c2nc(C)nn2C(C)(c2ccccc2)OC1=O. The highest BCUT2D eigenvalue weighted by molar-refractivity contribution is 5.96. The summed E-state index contributed by atoms with van der Waals surface area (Å²) < 4.78 is 7.47. The van der Waals surface area contributed by atoms with Gasteiger partial charge in [0.25, 0.3) is 0 Å². The Bertz CT molecular complexity index is 746. The van der Waals surface area contributed by atoms with Crippen molar-refractivity contribution in [2.24, 2.45) is 0 Å². The second kappa shape index (κ2) is 4.55. The molecule has 0 saturated carbocycles. The van der Waals surface area contributed by atoms with Crippen molar-refractivity contribution < 1.29 is 9.53 Å². The Balaban J connectivity index is 2.29. The van der Waals surface area contributed by atoms with Gasteiger partial charge in [-0.05, 0) is 20.8 Å². The van der Waals surface area contributed by atoms with Crippen molar-refractivity contribution in [2.45, 2.75) is 33.4 Å². The molecule has 108 valence electrons. The van der Waals surface area contributed by atoms with Crippen LogP contribution in [0.25, 0.3) is 5.57 Å². The summed E-state index contributed by atoms with van der Waals surface area (Å²) in [5.41, 5.74) is 1.20. The normalized spacial score (nSPS) is 21.8. The zero-order valence-corrected chi connectivity index (χ0v) is 12.5. The highest BCUT2D eigenvalue weighted by atomic mass is 16.6. The summed E-state index contributed by atoms with van der Waals surface area (Å²) in [6.45, 7) is 7.29. The molecule has 0 radical (unpaired) electrons. The molecule has 1 unspecified atom stereocenters. The van der Waals surface area contributed by atoms with Gasteiger partial charge in [-0.2, -0.15) is 9.78 Å². The lowest BCUT2D eigenvalue weighted by Crippen LogP contribution is -2.37. The first-order valence-corrected chi connectivity index (χ1v) is 6.84. The Labute approximate surface area is 123 Å². The van der Waals surface area contributed by atoms with Gasteiger partial charge in [0.15, 0.2) is 5.82 Å². The summed E-state index contributed by atoms with van der Waals surface area (Å²) in [5.74, 6) is 0.975. The number of esters is 1. The molecule has 0 spiro atoms. The van der Waals surface area contributed by atoms with Crippen molar-refractivity contribution in [2.75, 3.05) is 0 Å². The Morgan fingerprint density at radius 3 is 2.43 bits per heavy atom. The van der Waals surface area contributed by atoms with E-state index in [1.54, 1.807) is 11.6 Å². The number of allylic oxidation sites excluding steroid dienone is 1. The molecular formula is C16H17N3O2. The van der Waals surface area contributed by atoms with Gasteiger partial charge in [-0.25, -0.2) is 9.78 Å². The third-order valence-corrected chi connectivity index (χ3v) is 3.92. The van der Waals surface area contributed by atoms with E-state index in [4.69, 9.17) is 4.74 Å². The van der Waals surface area contributed by atoms with E-state index in [-0.39, 0.29) is 5.97 Å². The minimum Gasteiger partial charge on any atom is -0.429 e. The lowest BCUT2D eigenvalue weighted by atomic mass is 10.0. The number of hydrogen-bond donors (Lipinski definition) is 0. The van der Waals surface area contributed by atoms with Crippen molar-refractivity contribution in [1.29, 1.82) is 0 Å². The van der Waals surface area contributed by atoms with Crippen molar-refractivity contribution in [3.63, 3.8) is 0 Å². The minimum atomic E-state index is -1.01. The molecule has 1 aromatic carbocycles. The summed E-state index contributed by atoms with van der Waals surface area (Å²) in [6.07, 6.45) is 0. The molecule has 21 heavy (non-hydrogen) atoms. The van der Waals surface area contributed by atoms with E-state index in [9.17, 15) is 4.79 Å². The molecular weight excluding hydrogens is 266 g/mol. The second-order valence-corrected chi connectivity index (χ2v) is 5.38. The van der Waals surface area contributed by atoms with Crippen LogP contribution in [0, 0.1) is 6.92 Å². The molecule has 0 saturated heterocycles. The monoisotopic (exact) mass is 283 g/mol. The molecule has 1 atom stereocenters. The Kier molecular flexibility index (Phi) is 2.93. The highest BCUT2D eigenvalue weighted by Crippen LogP contribution is 2.34. The molecule has 5 nitrogen and oxygen atoms in total. The number of aryl methyl sites for hydroxylation is 1. The maximum Gasteiger partial charge on any atom is 0.336 e. The number of ether oxygens (including phenoxy) is 1. The first kappa shape index (κ1) is 13.5. The highest BCUT2D eigenvalue weighted by Gasteiger charge is 2.40. The topological polar surface area (TPSA) is 57.0 Å². The molecule has 0 N–H and O–H groups in total. The molecule has 2 aromatic rings. The van der Waals surface area contributed by atoms with Crippen LogP contribution in [0.3, 0.4) is 0 Å². The fraction of sp³-hybridized carbons (Fsp3) is 0.312. The summed E-state index contributed by atoms with van der Waals surface area (Å²) in [7, 11) is 0. The van der Waals surface area contributed by atoms with Gasteiger partial charge in [-0.3, -0.25) is 0 Å². The summed E-state index contributed by atoms with van der Waals surface area (Å²) in [6, 6.07) is 9.59. The molecule has 1 aliphatic heterocycles. The molecule has 5 heteroatoms. The van der Waals surface area contributed by atoms with Gasteiger partial charge in [0.05, 0.1) is 0 Å². The molecule has 3 rings (SSSR count). The predicted octanol–water partition coefficient (Wildman–Crippen LogP) is 2.66. The van der Waals surface area contributed by atoms with Crippen LogP contribution in [0.4, 0.5) is 0 Å². The standard InChI is InChI=1S/C16H17N3O2/c1-10-11(2)15(20)21-16(4,13-8-6-5-7-9-13)19-14(10)17-12(3)18-19/h5-9H,1-4H3. The van der Waals surface area contributed by atoms with Gasteiger partial charge in [0.2, 0.25) is 5.72 Å². The maximum atomic E-state index is 12.3. The van der Waals surface area contributed by atoms with Crippen LogP contribution < -0.4 is 0 Å². The number of carbonyl (C=O) groups is 1. The Morgan fingerprint density at radius 2 is 1.76 bits per heavy atom. The van der Waals surface area contributed by atoms with Crippen LogP contribution in [-0.2, 0) is 15.3 Å². The quantitative estimate of drug-likeness (QED) is 0.755. The molecule has 1 aromatic heterocycles. The summed E-state index contributed by atoms with van der Waals surface area (Å²) >= 11 is 0. The van der Waals surface area contributed by atoms with Gasteiger partial charge in [-0.1, -0.05) is 30.3 Å². The van der Waals surface area contributed by atoms with Crippen LogP contribution in [0.5, 0.6) is 0 Å². The zero-order valence-electron chi connectivity index (χ0n) is 12.5. The zero-order chi connectivity index (χ0) is 15.2. The number of nitrogens with zero attached hydrogens (tertiary/aromatic N) is 3. The van der Waals surface area contributed by atoms with E-state index < -0.39 is 5.72 Å². The Morgan fingerprint density at radius 1 is 1.10 bits per heavy atom. The largest absolute Gasteiger partial charge is 0.429 e. The second-order valence-electron chi connectivity index (χ2n) is 5.38. The number of hydrogen-bond acceptors (Lipinski definition) is 4. The van der Waals surface area contributed by atoms with Gasteiger partial charge >= 0.3 is 5.97 Å². The van der Waals surface area contributed by atoms with Crippen molar-refractivity contribution in [3.8, 4) is 0 Å². The lowest BCUT2D eigenvalue weighted by molar-refractivity contribution is -0.158. The van der Waals surface area contributed by atoms with E-state index in [1.807, 2.05) is 51.1 Å². The van der Waals surface area contributed by atoms with Gasteiger partial charge in [0, 0.05) is 23.6 Å². The molecule has 2 heterocycles. The average molecular weight is 283 g/mol. The van der Waals surface area contributed by atoms with Gasteiger partial charge in [-0.15, -0.1) is 0 Å². The lowest BCUT2D eigenvalue weighted by Gasteiger charge is -2.29. The van der Waals surface area contributed by atoms with Crippen LogP contribution in [0.2, 0.25) is 0 Å². The molecule has 0 bridgehead atoms. The third kappa shape index (κ3) is 1.96. The van der Waals surface area contributed by atoms with Crippen LogP contribution in [0.15, 0.2) is 35.9 Å². The van der Waals surface area contributed by atoms with Gasteiger partial charge in [0.1, 0.15) is 5.82 Å². The number of benzene rings is 1. The van der Waals surface area contributed by atoms with Crippen LogP contribution in [-0.4, -0.2) is 20.7 Å². The smallest absolute Gasteiger partial charge is 0.336 e. The molecule has 1 aliphatic rings. The van der Waals surface area contributed by atoms with E-state index in [2.05, 4.69) is 10.1 Å². The van der Waals surface area contributed by atoms with Crippen molar-refractivity contribution in [3.05, 3.63) is 53.1 Å². The minimum absolute atomic E-state index is 0.344. The van der Waals surface area contributed by atoms with Crippen molar-refractivity contribution in [1.82, 2.24) is 14.8 Å². The molecule has 0 amide bonds. The number of carbonyl (C=O) groups excluding carboxylic acids is 1. The average Bonchev–Trinajstić information content (AvgIpc) is 2.86. The molecule has 0 fully saturated rings. The summed E-state index contributed by atoms with van der Waals surface area (Å²) in [5, 5.41) is 4.45. The van der Waals surface area contributed by atoms with E-state index in [0.29, 0.717) is 17.2 Å². The van der Waals surface area contributed by atoms with E-state index in [1.165, 1.54) is 0 Å². The number of cyclic esters (lactones) is 1. The van der Waals surface area contributed by atoms with Crippen LogP contribution >= 0.6 is 0 Å². The summed E-state index contributed by atoms with van der Waals surface area (Å²) in [4.78, 5) is 16.8. The Hall–Kier alpha value is -2.43. The fourth-order valence-corrected chi connectivity index (χ4v) is 2.50. The fourth-order valence-electron chi connectivity index (χ4n) is 2.50.